The Morgan fingerprint density at radius 1 is 1.32 bits per heavy atom. The highest BCUT2D eigenvalue weighted by atomic mass is 32.2. The number of hydrogen-bond donors (Lipinski definition) is 1. The quantitative estimate of drug-likeness (QED) is 0.766. The van der Waals surface area contributed by atoms with E-state index in [-0.39, 0.29) is 11.2 Å². The second-order valence-electron chi connectivity index (χ2n) is 6.70. The summed E-state index contributed by atoms with van der Waals surface area (Å²) >= 11 is 1.49. The SMILES string of the molecule is COc1cccc(NC(=O)C(C)Sc2nnc(C3CC3)n2C2CC2)c1. The van der Waals surface area contributed by atoms with Crippen molar-refractivity contribution in [3.05, 3.63) is 30.1 Å². The fraction of sp³-hybridized carbons (Fsp3) is 0.500. The van der Waals surface area contributed by atoms with Crippen molar-refractivity contribution in [2.24, 2.45) is 0 Å². The van der Waals surface area contributed by atoms with E-state index in [1.54, 1.807) is 7.11 Å². The summed E-state index contributed by atoms with van der Waals surface area (Å²) in [5.74, 6) is 2.37. The highest BCUT2D eigenvalue weighted by Crippen LogP contribution is 2.46. The van der Waals surface area contributed by atoms with E-state index in [2.05, 4.69) is 20.1 Å². The number of methoxy groups -OCH3 is 1. The van der Waals surface area contributed by atoms with Gasteiger partial charge in [0.25, 0.3) is 0 Å². The third kappa shape index (κ3) is 3.66. The number of thioether (sulfide) groups is 1. The first-order valence-corrected chi connectivity index (χ1v) is 9.60. The fourth-order valence-corrected chi connectivity index (χ4v) is 3.75. The van der Waals surface area contributed by atoms with E-state index in [0.29, 0.717) is 12.0 Å². The molecule has 1 amide bonds. The molecule has 2 aliphatic carbocycles. The molecule has 1 aromatic carbocycles. The van der Waals surface area contributed by atoms with Crippen LogP contribution in [0.4, 0.5) is 5.69 Å². The van der Waals surface area contributed by atoms with Crippen molar-refractivity contribution >= 4 is 23.4 Å². The molecule has 1 aromatic heterocycles. The largest absolute Gasteiger partial charge is 0.497 e. The van der Waals surface area contributed by atoms with Gasteiger partial charge >= 0.3 is 0 Å². The fourth-order valence-electron chi connectivity index (χ4n) is 2.82. The van der Waals surface area contributed by atoms with Crippen LogP contribution in [-0.4, -0.2) is 33.0 Å². The van der Waals surface area contributed by atoms with Crippen LogP contribution < -0.4 is 10.1 Å². The van der Waals surface area contributed by atoms with E-state index in [0.717, 1.165) is 22.4 Å². The molecule has 1 atom stereocenters. The number of amides is 1. The van der Waals surface area contributed by atoms with Crippen LogP contribution in [-0.2, 0) is 4.79 Å². The van der Waals surface area contributed by atoms with Crippen molar-refractivity contribution in [1.82, 2.24) is 14.8 Å². The molecular formula is C18H22N4O2S. The Morgan fingerprint density at radius 2 is 2.12 bits per heavy atom. The Hall–Kier alpha value is -2.02. The highest BCUT2D eigenvalue weighted by Gasteiger charge is 2.37. The molecule has 4 rings (SSSR count). The van der Waals surface area contributed by atoms with E-state index >= 15 is 0 Å². The summed E-state index contributed by atoms with van der Waals surface area (Å²) in [7, 11) is 1.61. The maximum atomic E-state index is 12.5. The first-order valence-electron chi connectivity index (χ1n) is 8.72. The van der Waals surface area contributed by atoms with Gasteiger partial charge in [-0.15, -0.1) is 10.2 Å². The van der Waals surface area contributed by atoms with Gasteiger partial charge in [0.05, 0.1) is 12.4 Å². The smallest absolute Gasteiger partial charge is 0.237 e. The molecule has 25 heavy (non-hydrogen) atoms. The summed E-state index contributed by atoms with van der Waals surface area (Å²) in [6.07, 6.45) is 4.80. The average Bonchev–Trinajstić information content (AvgIpc) is 3.54. The van der Waals surface area contributed by atoms with Gasteiger partial charge in [0.2, 0.25) is 5.91 Å². The maximum absolute atomic E-state index is 12.5. The summed E-state index contributed by atoms with van der Waals surface area (Å²) in [5, 5.41) is 12.3. The zero-order chi connectivity index (χ0) is 17.4. The van der Waals surface area contributed by atoms with Crippen LogP contribution >= 0.6 is 11.8 Å². The summed E-state index contributed by atoms with van der Waals surface area (Å²) in [4.78, 5) is 12.5. The van der Waals surface area contributed by atoms with Crippen LogP contribution in [0.25, 0.3) is 0 Å². The molecule has 0 bridgehead atoms. The lowest BCUT2D eigenvalue weighted by Gasteiger charge is -2.13. The molecule has 6 nitrogen and oxygen atoms in total. The molecule has 0 aliphatic heterocycles. The van der Waals surface area contributed by atoms with Crippen molar-refractivity contribution in [3.8, 4) is 5.75 Å². The van der Waals surface area contributed by atoms with E-state index in [9.17, 15) is 4.79 Å². The number of nitrogens with one attached hydrogen (secondary N) is 1. The van der Waals surface area contributed by atoms with Crippen LogP contribution in [0.3, 0.4) is 0 Å². The van der Waals surface area contributed by atoms with Crippen molar-refractivity contribution in [3.63, 3.8) is 0 Å². The molecule has 0 spiro atoms. The Kier molecular flexibility index (Phi) is 4.41. The third-order valence-electron chi connectivity index (χ3n) is 4.53. The number of anilines is 1. The molecule has 132 valence electrons. The molecule has 2 saturated carbocycles. The second-order valence-corrected chi connectivity index (χ2v) is 8.01. The third-order valence-corrected chi connectivity index (χ3v) is 5.59. The molecule has 1 heterocycles. The van der Waals surface area contributed by atoms with Crippen molar-refractivity contribution in [2.45, 2.75) is 55.0 Å². The molecule has 0 saturated heterocycles. The summed E-state index contributed by atoms with van der Waals surface area (Å²) < 4.78 is 7.47. The Morgan fingerprint density at radius 3 is 2.80 bits per heavy atom. The number of nitrogens with zero attached hydrogens (tertiary/aromatic N) is 3. The number of carbonyl (C=O) groups is 1. The van der Waals surface area contributed by atoms with Gasteiger partial charge in [0, 0.05) is 23.7 Å². The molecule has 7 heteroatoms. The van der Waals surface area contributed by atoms with Gasteiger partial charge < -0.3 is 14.6 Å². The molecule has 1 unspecified atom stereocenters. The van der Waals surface area contributed by atoms with Crippen molar-refractivity contribution < 1.29 is 9.53 Å². The first kappa shape index (κ1) is 16.4. The summed E-state index contributed by atoms with van der Waals surface area (Å²) in [6.45, 7) is 1.91. The van der Waals surface area contributed by atoms with Crippen LogP contribution in [0.5, 0.6) is 5.75 Å². The van der Waals surface area contributed by atoms with Gasteiger partial charge in [-0.05, 0) is 44.7 Å². The topological polar surface area (TPSA) is 69.0 Å². The predicted molar refractivity (Wildman–Crippen MR) is 97.2 cm³/mol. The van der Waals surface area contributed by atoms with Gasteiger partial charge in [0.15, 0.2) is 5.16 Å². The van der Waals surface area contributed by atoms with Gasteiger partial charge in [-0.25, -0.2) is 0 Å². The lowest BCUT2D eigenvalue weighted by atomic mass is 10.3. The van der Waals surface area contributed by atoms with E-state index < -0.39 is 0 Å². The highest BCUT2D eigenvalue weighted by molar-refractivity contribution is 8.00. The van der Waals surface area contributed by atoms with Crippen LogP contribution in [0.15, 0.2) is 29.4 Å². The monoisotopic (exact) mass is 358 g/mol. The van der Waals surface area contributed by atoms with E-state index in [1.807, 2.05) is 31.2 Å². The molecule has 2 aliphatic rings. The lowest BCUT2D eigenvalue weighted by molar-refractivity contribution is -0.115. The standard InChI is InChI=1S/C18H22N4O2S/c1-11(17(23)19-13-4-3-5-15(10-13)24-2)25-18-21-20-16(12-6-7-12)22(18)14-8-9-14/h3-5,10-12,14H,6-9H2,1-2H3,(H,19,23). The Balaban J connectivity index is 1.44. The van der Waals surface area contributed by atoms with E-state index in [1.165, 1.54) is 37.4 Å². The Labute approximate surface area is 151 Å². The molecule has 2 fully saturated rings. The zero-order valence-corrected chi connectivity index (χ0v) is 15.3. The van der Waals surface area contributed by atoms with E-state index in [4.69, 9.17) is 4.74 Å². The molecule has 1 N–H and O–H groups in total. The number of hydrogen-bond acceptors (Lipinski definition) is 5. The first-order chi connectivity index (χ1) is 12.2. The van der Waals surface area contributed by atoms with Gasteiger partial charge in [-0.3, -0.25) is 4.79 Å². The molecular weight excluding hydrogens is 336 g/mol. The van der Waals surface area contributed by atoms with Gasteiger partial charge in [-0.2, -0.15) is 0 Å². The van der Waals surface area contributed by atoms with Crippen molar-refractivity contribution in [1.29, 1.82) is 0 Å². The summed E-state index contributed by atoms with van der Waals surface area (Å²) in [6, 6.07) is 7.91. The number of ether oxygens (including phenoxy) is 1. The van der Waals surface area contributed by atoms with Crippen LogP contribution in [0, 0.1) is 0 Å². The number of carbonyl (C=O) groups excluding carboxylic acids is 1. The second kappa shape index (κ2) is 6.71. The normalized spacial score (nSPS) is 18.0. The lowest BCUT2D eigenvalue weighted by Crippen LogP contribution is -2.23. The maximum Gasteiger partial charge on any atom is 0.237 e. The zero-order valence-electron chi connectivity index (χ0n) is 14.4. The molecule has 2 aromatic rings. The number of rotatable bonds is 7. The summed E-state index contributed by atoms with van der Waals surface area (Å²) in [5.41, 5.74) is 0.735. The minimum absolute atomic E-state index is 0.0448. The minimum Gasteiger partial charge on any atom is -0.497 e. The van der Waals surface area contributed by atoms with Crippen LogP contribution in [0.2, 0.25) is 0 Å². The minimum atomic E-state index is -0.250. The number of benzene rings is 1. The van der Waals surface area contributed by atoms with Crippen molar-refractivity contribution in [2.75, 3.05) is 12.4 Å². The molecule has 0 radical (unpaired) electrons. The van der Waals surface area contributed by atoms with Gasteiger partial charge in [-0.1, -0.05) is 17.8 Å². The number of aromatic nitrogens is 3. The predicted octanol–water partition coefficient (Wildman–Crippen LogP) is 3.62. The average molecular weight is 358 g/mol. The van der Waals surface area contributed by atoms with Crippen LogP contribution in [0.1, 0.15) is 50.4 Å². The van der Waals surface area contributed by atoms with Gasteiger partial charge in [0.1, 0.15) is 11.6 Å². The Bertz CT molecular complexity index is 783.